The highest BCUT2D eigenvalue weighted by Crippen LogP contribution is 2.31. The fraction of sp³-hybridized carbons (Fsp3) is 0.393. The second-order valence-corrected chi connectivity index (χ2v) is 13.2. The normalized spacial score (nSPS) is 14.1. The van der Waals surface area contributed by atoms with Crippen molar-refractivity contribution < 1.29 is 22.7 Å². The number of halogens is 2. The van der Waals surface area contributed by atoms with E-state index in [0.717, 1.165) is 15.4 Å². The summed E-state index contributed by atoms with van der Waals surface area (Å²) in [4.78, 5) is 32.7. The van der Waals surface area contributed by atoms with Gasteiger partial charge in [0.05, 0.1) is 18.1 Å². The van der Waals surface area contributed by atoms with Crippen molar-refractivity contribution in [1.82, 2.24) is 14.1 Å². The third-order valence-electron chi connectivity index (χ3n) is 6.06. The van der Waals surface area contributed by atoms with E-state index < -0.39 is 21.7 Å². The zero-order valence-corrected chi connectivity index (χ0v) is 25.8. The number of carbonyl (C=O) groups excluding carboxylic acids is 2. The van der Waals surface area contributed by atoms with Crippen molar-refractivity contribution in [3.05, 3.63) is 75.3 Å². The predicted octanol–water partition coefficient (Wildman–Crippen LogP) is 5.13. The Labute approximate surface area is 246 Å². The predicted molar refractivity (Wildman–Crippen MR) is 157 cm³/mol. The first kappa shape index (κ1) is 31.6. The van der Waals surface area contributed by atoms with Crippen LogP contribution in [0, 0.1) is 6.92 Å². The van der Waals surface area contributed by atoms with E-state index >= 15 is 0 Å². The maximum atomic E-state index is 12.9. The van der Waals surface area contributed by atoms with Gasteiger partial charge in [-0.25, -0.2) is 13.2 Å². The first-order valence-corrected chi connectivity index (χ1v) is 14.8. The molecule has 0 aliphatic carbocycles. The van der Waals surface area contributed by atoms with E-state index in [9.17, 15) is 18.0 Å². The monoisotopic (exact) mass is 608 g/mol. The number of ether oxygens (including phenoxy) is 1. The summed E-state index contributed by atoms with van der Waals surface area (Å²) in [5, 5.41) is 0.451. The number of hydrogen-bond acceptors (Lipinski definition) is 6. The minimum Gasteiger partial charge on any atom is -0.443 e. The number of amides is 2. The molecule has 1 aliphatic rings. The van der Waals surface area contributed by atoms with Crippen LogP contribution in [0.5, 0.6) is 0 Å². The molecule has 0 saturated carbocycles. The number of rotatable bonds is 8. The van der Waals surface area contributed by atoms with Crippen molar-refractivity contribution in [2.45, 2.75) is 44.7 Å². The summed E-state index contributed by atoms with van der Waals surface area (Å²) in [5.74, 6) is 0.272. The molecular formula is C28H34Cl2N4O5S. The molecule has 0 bridgehead atoms. The van der Waals surface area contributed by atoms with E-state index in [4.69, 9.17) is 27.9 Å². The second-order valence-electron chi connectivity index (χ2n) is 10.4. The Bertz CT molecular complexity index is 1430. The largest absolute Gasteiger partial charge is 0.443 e. The van der Waals surface area contributed by atoms with Crippen molar-refractivity contribution in [1.29, 1.82) is 0 Å². The van der Waals surface area contributed by atoms with Crippen LogP contribution >= 0.6 is 23.2 Å². The lowest BCUT2D eigenvalue weighted by Crippen LogP contribution is -2.39. The third kappa shape index (κ3) is 7.63. The number of amidine groups is 1. The van der Waals surface area contributed by atoms with Crippen LogP contribution in [0.15, 0.2) is 58.4 Å². The summed E-state index contributed by atoms with van der Waals surface area (Å²) < 4.78 is 32.5. The zero-order chi connectivity index (χ0) is 29.8. The molecule has 0 aromatic heterocycles. The Morgan fingerprint density at radius 3 is 2.38 bits per heavy atom. The summed E-state index contributed by atoms with van der Waals surface area (Å²) in [6.45, 7) is 8.37. The highest BCUT2D eigenvalue weighted by atomic mass is 35.5. The smallest absolute Gasteiger partial charge is 0.416 e. The highest BCUT2D eigenvalue weighted by molar-refractivity contribution is 7.89. The fourth-order valence-corrected chi connectivity index (χ4v) is 5.73. The summed E-state index contributed by atoms with van der Waals surface area (Å²) in [5.41, 5.74) is 1.53. The molecule has 0 saturated heterocycles. The van der Waals surface area contributed by atoms with E-state index in [1.807, 2.05) is 45.0 Å². The lowest BCUT2D eigenvalue weighted by Gasteiger charge is -2.25. The summed E-state index contributed by atoms with van der Waals surface area (Å²) >= 11 is 12.2. The van der Waals surface area contributed by atoms with Gasteiger partial charge in [-0.3, -0.25) is 14.7 Å². The zero-order valence-electron chi connectivity index (χ0n) is 23.4. The van der Waals surface area contributed by atoms with E-state index in [0.29, 0.717) is 36.1 Å². The maximum absolute atomic E-state index is 12.9. The quantitative estimate of drug-likeness (QED) is 0.387. The average Bonchev–Trinajstić information content (AvgIpc) is 3.36. The van der Waals surface area contributed by atoms with Crippen LogP contribution in [0.2, 0.25) is 10.0 Å². The number of likely N-dealkylation sites (N-methyl/N-ethyl adjacent to an activating group) is 2. The van der Waals surface area contributed by atoms with Crippen LogP contribution in [0.4, 0.5) is 4.79 Å². The SMILES string of the molecule is Cc1c(Cl)ccc(S(=O)(=O)N(C)CC=CC(=O)N(C)Cc2ccc(C3=NCCN3C(=O)OC(C)(C)C)cc2)c1Cl. The molecule has 216 valence electrons. The van der Waals surface area contributed by atoms with E-state index in [1.54, 1.807) is 14.0 Å². The minimum absolute atomic E-state index is 0.0229. The van der Waals surface area contributed by atoms with Gasteiger partial charge in [-0.1, -0.05) is 53.5 Å². The molecule has 0 spiro atoms. The highest BCUT2D eigenvalue weighted by Gasteiger charge is 2.29. The van der Waals surface area contributed by atoms with Gasteiger partial charge in [0.15, 0.2) is 0 Å². The number of nitrogens with zero attached hydrogens (tertiary/aromatic N) is 4. The van der Waals surface area contributed by atoms with Crippen LogP contribution in [0.3, 0.4) is 0 Å². The van der Waals surface area contributed by atoms with Gasteiger partial charge in [-0.15, -0.1) is 0 Å². The Morgan fingerprint density at radius 2 is 1.75 bits per heavy atom. The topological polar surface area (TPSA) is 99.6 Å². The molecular weight excluding hydrogens is 575 g/mol. The van der Waals surface area contributed by atoms with E-state index in [1.165, 1.54) is 41.1 Å². The molecule has 9 nitrogen and oxygen atoms in total. The Hall–Kier alpha value is -2.92. The molecule has 2 aromatic carbocycles. The van der Waals surface area contributed by atoms with Crippen molar-refractivity contribution in [2.24, 2.45) is 4.99 Å². The molecule has 1 heterocycles. The van der Waals surface area contributed by atoms with Gasteiger partial charge in [0, 0.05) is 43.8 Å². The van der Waals surface area contributed by atoms with Gasteiger partial charge in [-0.05, 0) is 51.0 Å². The van der Waals surface area contributed by atoms with Gasteiger partial charge < -0.3 is 9.64 Å². The molecule has 1 aliphatic heterocycles. The van der Waals surface area contributed by atoms with Crippen molar-refractivity contribution in [3.8, 4) is 0 Å². The van der Waals surface area contributed by atoms with E-state index in [-0.39, 0.29) is 22.4 Å². The van der Waals surface area contributed by atoms with Crippen LogP contribution in [-0.4, -0.2) is 79.7 Å². The van der Waals surface area contributed by atoms with Crippen molar-refractivity contribution in [2.75, 3.05) is 33.7 Å². The molecule has 40 heavy (non-hydrogen) atoms. The molecule has 12 heteroatoms. The molecule has 2 amide bonds. The molecule has 0 atom stereocenters. The molecule has 3 rings (SSSR count). The standard InChI is InChI=1S/C28H34Cl2N4O5S/c1-19-22(29)13-14-23(25(19)30)40(37,38)33(6)16-7-8-24(35)32(5)18-20-9-11-21(12-10-20)26-31-15-17-34(26)27(36)39-28(2,3)4/h7-14H,15-18H2,1-6H3. The molecule has 2 aromatic rings. The van der Waals surface area contributed by atoms with Crippen LogP contribution < -0.4 is 0 Å². The number of hydrogen-bond donors (Lipinski definition) is 0. The van der Waals surface area contributed by atoms with Crippen LogP contribution in [0.1, 0.15) is 37.5 Å². The van der Waals surface area contributed by atoms with Gasteiger partial charge >= 0.3 is 6.09 Å². The lowest BCUT2D eigenvalue weighted by atomic mass is 10.1. The molecule has 0 unspecified atom stereocenters. The molecule has 0 radical (unpaired) electrons. The number of benzene rings is 2. The Balaban J connectivity index is 1.58. The minimum atomic E-state index is -3.88. The van der Waals surface area contributed by atoms with Gasteiger partial charge in [0.2, 0.25) is 15.9 Å². The first-order valence-electron chi connectivity index (χ1n) is 12.6. The number of sulfonamides is 1. The van der Waals surface area contributed by atoms with Crippen LogP contribution in [0.25, 0.3) is 0 Å². The summed E-state index contributed by atoms with van der Waals surface area (Å²) in [7, 11) is -0.815. The lowest BCUT2D eigenvalue weighted by molar-refractivity contribution is -0.125. The third-order valence-corrected chi connectivity index (χ3v) is 8.93. The summed E-state index contributed by atoms with van der Waals surface area (Å²) in [6, 6.07) is 10.3. The number of aliphatic imine (C=N–C) groups is 1. The summed E-state index contributed by atoms with van der Waals surface area (Å²) in [6.07, 6.45) is 2.38. The Morgan fingerprint density at radius 1 is 1.10 bits per heavy atom. The average molecular weight is 610 g/mol. The van der Waals surface area contributed by atoms with Crippen molar-refractivity contribution in [3.63, 3.8) is 0 Å². The Kier molecular flexibility index (Phi) is 10.1. The van der Waals surface area contributed by atoms with Crippen molar-refractivity contribution >= 4 is 51.1 Å². The second kappa shape index (κ2) is 12.7. The fourth-order valence-electron chi connectivity index (χ4n) is 3.83. The van der Waals surface area contributed by atoms with Gasteiger partial charge in [0.1, 0.15) is 16.3 Å². The van der Waals surface area contributed by atoms with Crippen LogP contribution in [-0.2, 0) is 26.1 Å². The van der Waals surface area contributed by atoms with Gasteiger partial charge in [0.25, 0.3) is 0 Å². The van der Waals surface area contributed by atoms with Gasteiger partial charge in [-0.2, -0.15) is 4.31 Å². The molecule has 0 fully saturated rings. The number of carbonyl (C=O) groups is 2. The van der Waals surface area contributed by atoms with E-state index in [2.05, 4.69) is 4.99 Å². The first-order chi connectivity index (χ1) is 18.6. The maximum Gasteiger partial charge on any atom is 0.416 e. The molecule has 0 N–H and O–H groups in total.